The van der Waals surface area contributed by atoms with Crippen LogP contribution in [0.4, 0.5) is 0 Å². The fraction of sp³-hybridized carbons (Fsp3) is 0.562. The van der Waals surface area contributed by atoms with E-state index in [4.69, 9.17) is 0 Å². The molecule has 1 aliphatic rings. The fourth-order valence-corrected chi connectivity index (χ4v) is 3.82. The molecule has 136 valence electrons. The monoisotopic (exact) mass is 375 g/mol. The largest absolute Gasteiger partial charge is 0.336 e. The Morgan fingerprint density at radius 2 is 2.00 bits per heavy atom. The van der Waals surface area contributed by atoms with Crippen LogP contribution >= 0.6 is 12.4 Å². The molecule has 1 amide bonds. The first-order chi connectivity index (χ1) is 10.8. The summed E-state index contributed by atoms with van der Waals surface area (Å²) in [5.74, 6) is -0.0582. The molecule has 2 atom stereocenters. The highest BCUT2D eigenvalue weighted by atomic mass is 35.5. The van der Waals surface area contributed by atoms with Gasteiger partial charge in [-0.1, -0.05) is 6.92 Å². The van der Waals surface area contributed by atoms with E-state index in [0.717, 1.165) is 13.0 Å². The zero-order valence-corrected chi connectivity index (χ0v) is 15.9. The average Bonchev–Trinajstić information content (AvgIpc) is 2.53. The number of nitrogens with zero attached hydrogens (tertiary/aromatic N) is 1. The summed E-state index contributed by atoms with van der Waals surface area (Å²) in [7, 11) is -3.53. The molecule has 1 saturated heterocycles. The van der Waals surface area contributed by atoms with Gasteiger partial charge in [0.2, 0.25) is 10.0 Å². The van der Waals surface area contributed by atoms with Gasteiger partial charge in [-0.2, -0.15) is 0 Å². The van der Waals surface area contributed by atoms with Gasteiger partial charge < -0.3 is 10.2 Å². The highest BCUT2D eigenvalue weighted by molar-refractivity contribution is 7.89. The normalized spacial score (nSPS) is 19.5. The summed E-state index contributed by atoms with van der Waals surface area (Å²) in [6.07, 6.45) is 0.719. The van der Waals surface area contributed by atoms with E-state index in [-0.39, 0.29) is 35.3 Å². The number of carbonyl (C=O) groups is 1. The lowest BCUT2D eigenvalue weighted by atomic mass is 10.1. The van der Waals surface area contributed by atoms with Gasteiger partial charge in [0, 0.05) is 37.3 Å². The van der Waals surface area contributed by atoms with Crippen molar-refractivity contribution in [1.82, 2.24) is 14.9 Å². The van der Waals surface area contributed by atoms with Crippen LogP contribution in [0.3, 0.4) is 0 Å². The second-order valence-electron chi connectivity index (χ2n) is 6.06. The molecule has 0 saturated carbocycles. The Kier molecular flexibility index (Phi) is 7.66. The lowest BCUT2D eigenvalue weighted by Crippen LogP contribution is -2.51. The summed E-state index contributed by atoms with van der Waals surface area (Å²) in [6.45, 7) is 7.88. The van der Waals surface area contributed by atoms with Gasteiger partial charge in [-0.15, -0.1) is 12.4 Å². The van der Waals surface area contributed by atoms with Crippen molar-refractivity contribution in [2.45, 2.75) is 44.2 Å². The number of amides is 1. The van der Waals surface area contributed by atoms with Gasteiger partial charge >= 0.3 is 0 Å². The van der Waals surface area contributed by atoms with Crippen LogP contribution in [0.2, 0.25) is 0 Å². The maximum Gasteiger partial charge on any atom is 0.253 e. The van der Waals surface area contributed by atoms with Crippen LogP contribution in [0.5, 0.6) is 0 Å². The number of hydrogen-bond donors (Lipinski definition) is 2. The molecule has 0 bridgehead atoms. The lowest BCUT2D eigenvalue weighted by Gasteiger charge is -2.32. The Bertz CT molecular complexity index is 649. The topological polar surface area (TPSA) is 78.5 Å². The van der Waals surface area contributed by atoms with Crippen LogP contribution in [0.15, 0.2) is 29.2 Å². The van der Waals surface area contributed by atoms with Crippen molar-refractivity contribution < 1.29 is 13.2 Å². The quantitative estimate of drug-likeness (QED) is 0.819. The summed E-state index contributed by atoms with van der Waals surface area (Å²) in [4.78, 5) is 14.4. The standard InChI is InChI=1S/C16H25N3O3S.ClH/c1-4-12(2)18-23(21,22)15-7-5-14(6-8-15)16(20)19-10-9-17-13(3)11-19;/h5-8,12-13,17-18H,4,9-11H2,1-3H3;1H. The van der Waals surface area contributed by atoms with E-state index < -0.39 is 10.0 Å². The van der Waals surface area contributed by atoms with E-state index in [1.54, 1.807) is 17.0 Å². The van der Waals surface area contributed by atoms with Gasteiger partial charge in [0.25, 0.3) is 5.91 Å². The molecule has 0 radical (unpaired) electrons. The molecule has 1 aliphatic heterocycles. The number of carbonyl (C=O) groups excluding carboxylic acids is 1. The molecule has 1 heterocycles. The second kappa shape index (κ2) is 8.80. The first-order valence-corrected chi connectivity index (χ1v) is 9.47. The summed E-state index contributed by atoms with van der Waals surface area (Å²) in [5, 5.41) is 3.29. The van der Waals surface area contributed by atoms with E-state index in [1.165, 1.54) is 12.1 Å². The van der Waals surface area contributed by atoms with E-state index in [2.05, 4.69) is 10.0 Å². The molecule has 6 nitrogen and oxygen atoms in total. The molecule has 8 heteroatoms. The minimum Gasteiger partial charge on any atom is -0.336 e. The molecule has 2 unspecified atom stereocenters. The number of hydrogen-bond acceptors (Lipinski definition) is 4. The van der Waals surface area contributed by atoms with Crippen LogP contribution in [0.1, 0.15) is 37.6 Å². The third-order valence-corrected chi connectivity index (χ3v) is 5.64. The Labute approximate surface area is 150 Å². The minimum atomic E-state index is -3.53. The van der Waals surface area contributed by atoms with Crippen molar-refractivity contribution >= 4 is 28.3 Å². The summed E-state index contributed by atoms with van der Waals surface area (Å²) in [5.41, 5.74) is 0.515. The third-order valence-electron chi connectivity index (χ3n) is 4.04. The number of rotatable bonds is 5. The van der Waals surface area contributed by atoms with Gasteiger partial charge in [-0.25, -0.2) is 13.1 Å². The third kappa shape index (κ3) is 5.17. The predicted molar refractivity (Wildman–Crippen MR) is 97.1 cm³/mol. The first kappa shape index (κ1) is 20.9. The van der Waals surface area contributed by atoms with Crippen LogP contribution in [0.25, 0.3) is 0 Å². The summed E-state index contributed by atoms with van der Waals surface area (Å²) >= 11 is 0. The number of sulfonamides is 1. The number of piperazine rings is 1. The number of halogens is 1. The molecule has 2 N–H and O–H groups in total. The highest BCUT2D eigenvalue weighted by Crippen LogP contribution is 2.14. The predicted octanol–water partition coefficient (Wildman–Crippen LogP) is 1.62. The molecule has 0 aromatic heterocycles. The Balaban J connectivity index is 0.00000288. The summed E-state index contributed by atoms with van der Waals surface area (Å²) in [6, 6.07) is 6.30. The molecular formula is C16H26ClN3O3S. The number of nitrogens with one attached hydrogen (secondary N) is 2. The van der Waals surface area contributed by atoms with Gasteiger partial charge in [-0.05, 0) is 44.5 Å². The highest BCUT2D eigenvalue weighted by Gasteiger charge is 2.22. The van der Waals surface area contributed by atoms with Crippen molar-refractivity contribution in [3.05, 3.63) is 29.8 Å². The first-order valence-electron chi connectivity index (χ1n) is 7.98. The van der Waals surface area contributed by atoms with Crippen LogP contribution in [-0.2, 0) is 10.0 Å². The van der Waals surface area contributed by atoms with E-state index >= 15 is 0 Å². The fourth-order valence-electron chi connectivity index (χ4n) is 2.49. The summed E-state index contributed by atoms with van der Waals surface area (Å²) < 4.78 is 27.0. The van der Waals surface area contributed by atoms with Gasteiger partial charge in [0.15, 0.2) is 0 Å². The van der Waals surface area contributed by atoms with Crippen LogP contribution < -0.4 is 10.0 Å². The molecular weight excluding hydrogens is 350 g/mol. The van der Waals surface area contributed by atoms with E-state index in [1.807, 2.05) is 20.8 Å². The van der Waals surface area contributed by atoms with Crippen molar-refractivity contribution in [2.24, 2.45) is 0 Å². The van der Waals surface area contributed by atoms with Crippen molar-refractivity contribution in [3.8, 4) is 0 Å². The lowest BCUT2D eigenvalue weighted by molar-refractivity contribution is 0.0709. The van der Waals surface area contributed by atoms with E-state index in [0.29, 0.717) is 18.7 Å². The maximum atomic E-state index is 12.5. The van der Waals surface area contributed by atoms with Crippen molar-refractivity contribution in [3.63, 3.8) is 0 Å². The average molecular weight is 376 g/mol. The molecule has 2 rings (SSSR count). The maximum absolute atomic E-state index is 12.5. The molecule has 1 aromatic rings. The van der Waals surface area contributed by atoms with E-state index in [9.17, 15) is 13.2 Å². The zero-order valence-electron chi connectivity index (χ0n) is 14.3. The smallest absolute Gasteiger partial charge is 0.253 e. The van der Waals surface area contributed by atoms with Crippen molar-refractivity contribution in [2.75, 3.05) is 19.6 Å². The van der Waals surface area contributed by atoms with Gasteiger partial charge in [0.1, 0.15) is 0 Å². The molecule has 0 aliphatic carbocycles. The minimum absolute atomic E-state index is 0. The van der Waals surface area contributed by atoms with Gasteiger partial charge in [0.05, 0.1) is 4.90 Å². The van der Waals surface area contributed by atoms with Crippen LogP contribution in [0, 0.1) is 0 Å². The molecule has 1 fully saturated rings. The number of benzene rings is 1. The van der Waals surface area contributed by atoms with Crippen LogP contribution in [-0.4, -0.2) is 50.9 Å². The Hall–Kier alpha value is -1.15. The van der Waals surface area contributed by atoms with Gasteiger partial charge in [-0.3, -0.25) is 4.79 Å². The molecule has 0 spiro atoms. The zero-order chi connectivity index (χ0) is 17.0. The second-order valence-corrected chi connectivity index (χ2v) is 7.78. The molecule has 24 heavy (non-hydrogen) atoms. The Morgan fingerprint density at radius 1 is 1.38 bits per heavy atom. The molecule has 1 aromatic carbocycles. The SMILES string of the molecule is CCC(C)NS(=O)(=O)c1ccc(C(=O)N2CCNC(C)C2)cc1.Cl. The Morgan fingerprint density at radius 3 is 2.54 bits per heavy atom. The van der Waals surface area contributed by atoms with Crippen molar-refractivity contribution in [1.29, 1.82) is 0 Å².